The van der Waals surface area contributed by atoms with Crippen LogP contribution in [0.5, 0.6) is 0 Å². The van der Waals surface area contributed by atoms with Crippen LogP contribution in [0.4, 0.5) is 4.79 Å². The molecule has 28 heavy (non-hydrogen) atoms. The second-order valence-electron chi connectivity index (χ2n) is 7.35. The van der Waals surface area contributed by atoms with Gasteiger partial charge in [0, 0.05) is 6.04 Å². The summed E-state index contributed by atoms with van der Waals surface area (Å²) < 4.78 is 7.08. The molecule has 0 aliphatic carbocycles. The third-order valence-electron chi connectivity index (χ3n) is 5.80. The molecule has 2 saturated heterocycles. The van der Waals surface area contributed by atoms with Crippen LogP contribution in [0.2, 0.25) is 0 Å². The van der Waals surface area contributed by atoms with Crippen molar-refractivity contribution in [2.24, 2.45) is 0 Å². The summed E-state index contributed by atoms with van der Waals surface area (Å²) in [7, 11) is 0. The van der Waals surface area contributed by atoms with Crippen molar-refractivity contribution in [1.29, 1.82) is 0 Å². The Morgan fingerprint density at radius 3 is 2.82 bits per heavy atom. The fourth-order valence-corrected chi connectivity index (χ4v) is 5.94. The quantitative estimate of drug-likeness (QED) is 0.623. The molecule has 4 heterocycles. The molecule has 5 rings (SSSR count). The first kappa shape index (κ1) is 17.9. The molecular weight excluding hydrogens is 442 g/mol. The molecule has 2 aromatic heterocycles. The summed E-state index contributed by atoms with van der Waals surface area (Å²) in [6, 6.07) is 11.6. The minimum absolute atomic E-state index is 0.137. The van der Waals surface area contributed by atoms with Crippen LogP contribution < -0.4 is 5.56 Å². The lowest BCUT2D eigenvalue weighted by atomic mass is 9.87. The van der Waals surface area contributed by atoms with Crippen molar-refractivity contribution in [2.45, 2.75) is 43.9 Å². The molecule has 0 radical (unpaired) electrons. The number of H-pyrrole nitrogens is 1. The zero-order valence-electron chi connectivity index (χ0n) is 15.0. The summed E-state index contributed by atoms with van der Waals surface area (Å²) in [5, 5.41) is 0. The van der Waals surface area contributed by atoms with E-state index >= 15 is 0 Å². The number of ether oxygens (including phenoxy) is 1. The molecule has 0 saturated carbocycles. The molecule has 0 atom stereocenters. The SMILES string of the molecule is O=C(OCc1ccccc1)N1C2CCC1(c1nc3cc(Br)sc3c(=O)[nH]1)CC2. The smallest absolute Gasteiger partial charge is 0.411 e. The maximum Gasteiger partial charge on any atom is 0.411 e. The predicted molar refractivity (Wildman–Crippen MR) is 110 cm³/mol. The molecule has 8 heteroatoms. The van der Waals surface area contributed by atoms with Gasteiger partial charge in [-0.15, -0.1) is 11.3 Å². The van der Waals surface area contributed by atoms with Gasteiger partial charge in [0.15, 0.2) is 0 Å². The van der Waals surface area contributed by atoms with Crippen LogP contribution in [0.3, 0.4) is 0 Å². The van der Waals surface area contributed by atoms with Crippen LogP contribution in [0.15, 0.2) is 45.0 Å². The molecule has 2 bridgehead atoms. The number of aromatic amines is 1. The van der Waals surface area contributed by atoms with E-state index in [1.807, 2.05) is 41.3 Å². The highest BCUT2D eigenvalue weighted by Gasteiger charge is 2.57. The highest BCUT2D eigenvalue weighted by molar-refractivity contribution is 9.11. The lowest BCUT2D eigenvalue weighted by Gasteiger charge is -2.33. The zero-order valence-corrected chi connectivity index (χ0v) is 17.4. The molecule has 6 nitrogen and oxygen atoms in total. The second-order valence-corrected chi connectivity index (χ2v) is 9.78. The number of carbonyl (C=O) groups excluding carboxylic acids is 1. The number of carbonyl (C=O) groups is 1. The Hall–Kier alpha value is -2.19. The molecule has 1 amide bonds. The van der Waals surface area contributed by atoms with Gasteiger partial charge in [0.1, 0.15) is 22.7 Å². The Morgan fingerprint density at radius 1 is 1.32 bits per heavy atom. The Kier molecular flexibility index (Phi) is 4.28. The van der Waals surface area contributed by atoms with Crippen LogP contribution in [0.25, 0.3) is 10.2 Å². The largest absolute Gasteiger partial charge is 0.445 e. The number of halogens is 1. The number of hydrogen-bond donors (Lipinski definition) is 1. The summed E-state index contributed by atoms with van der Waals surface area (Å²) in [5.41, 5.74) is 0.878. The third kappa shape index (κ3) is 2.78. The van der Waals surface area contributed by atoms with Crippen LogP contribution in [0.1, 0.15) is 37.1 Å². The van der Waals surface area contributed by atoms with Crippen LogP contribution in [-0.2, 0) is 16.9 Å². The topological polar surface area (TPSA) is 75.3 Å². The predicted octanol–water partition coefficient (Wildman–Crippen LogP) is 4.54. The van der Waals surface area contributed by atoms with Gasteiger partial charge in [-0.25, -0.2) is 9.78 Å². The number of rotatable bonds is 3. The van der Waals surface area contributed by atoms with Crippen molar-refractivity contribution in [2.75, 3.05) is 0 Å². The monoisotopic (exact) mass is 459 g/mol. The van der Waals surface area contributed by atoms with E-state index < -0.39 is 5.54 Å². The molecule has 2 aliphatic rings. The number of nitrogens with zero attached hydrogens (tertiary/aromatic N) is 2. The van der Waals surface area contributed by atoms with Gasteiger partial charge in [-0.3, -0.25) is 9.69 Å². The zero-order chi connectivity index (χ0) is 19.3. The highest BCUT2D eigenvalue weighted by Crippen LogP contribution is 2.52. The number of thiophene rings is 1. The van der Waals surface area contributed by atoms with Gasteiger partial charge < -0.3 is 9.72 Å². The first-order valence-corrected chi connectivity index (χ1v) is 10.9. The normalized spacial score (nSPS) is 23.5. The van der Waals surface area contributed by atoms with Gasteiger partial charge >= 0.3 is 6.09 Å². The van der Waals surface area contributed by atoms with Gasteiger partial charge in [-0.2, -0.15) is 0 Å². The van der Waals surface area contributed by atoms with Crippen LogP contribution in [0, 0.1) is 0 Å². The van der Waals surface area contributed by atoms with Crippen molar-refractivity contribution in [1.82, 2.24) is 14.9 Å². The maximum atomic E-state index is 13.0. The molecule has 144 valence electrons. The summed E-state index contributed by atoms with van der Waals surface area (Å²) in [5.74, 6) is 0.576. The Balaban J connectivity index is 1.47. The average Bonchev–Trinajstić information content (AvgIpc) is 3.38. The van der Waals surface area contributed by atoms with Crippen LogP contribution in [-0.4, -0.2) is 27.0 Å². The first-order valence-electron chi connectivity index (χ1n) is 9.27. The molecular formula is C20H18BrN3O3S. The number of amides is 1. The maximum absolute atomic E-state index is 13.0. The summed E-state index contributed by atoms with van der Waals surface area (Å²) in [4.78, 5) is 35.1. The fraction of sp³-hybridized carbons (Fsp3) is 0.350. The fourth-order valence-electron chi connectivity index (χ4n) is 4.52. The van der Waals surface area contributed by atoms with E-state index in [-0.39, 0.29) is 24.3 Å². The van der Waals surface area contributed by atoms with Crippen molar-refractivity contribution < 1.29 is 9.53 Å². The Bertz CT molecular complexity index is 1100. The van der Waals surface area contributed by atoms with Gasteiger partial charge in [0.25, 0.3) is 5.56 Å². The highest BCUT2D eigenvalue weighted by atomic mass is 79.9. The van der Waals surface area contributed by atoms with Gasteiger partial charge in [-0.1, -0.05) is 30.3 Å². The standard InChI is InChI=1S/C20H18BrN3O3S/c21-15-10-14-16(28-15)17(25)23-18(22-14)20-8-6-13(7-9-20)24(20)19(26)27-11-12-4-2-1-3-5-12/h1-5,10,13H,6-9,11H2,(H,22,23,25). The number of benzene rings is 1. The summed E-state index contributed by atoms with van der Waals surface area (Å²) in [6.45, 7) is 0.236. The summed E-state index contributed by atoms with van der Waals surface area (Å²) in [6.07, 6.45) is 3.04. The molecule has 0 spiro atoms. The van der Waals surface area contributed by atoms with Gasteiger partial charge in [0.05, 0.1) is 9.30 Å². The third-order valence-corrected chi connectivity index (χ3v) is 7.43. The van der Waals surface area contributed by atoms with E-state index in [1.54, 1.807) is 0 Å². The number of aromatic nitrogens is 2. The second kappa shape index (κ2) is 6.70. The van der Waals surface area contributed by atoms with E-state index in [9.17, 15) is 9.59 Å². The van der Waals surface area contributed by atoms with E-state index in [2.05, 4.69) is 20.9 Å². The van der Waals surface area contributed by atoms with Crippen LogP contribution >= 0.6 is 27.3 Å². The number of fused-ring (bicyclic) bond motifs is 3. The summed E-state index contributed by atoms with van der Waals surface area (Å²) >= 11 is 4.79. The first-order chi connectivity index (χ1) is 13.6. The minimum atomic E-state index is -0.583. The van der Waals surface area contributed by atoms with E-state index in [0.717, 1.165) is 35.0 Å². The lowest BCUT2D eigenvalue weighted by Crippen LogP contribution is -2.45. The van der Waals surface area contributed by atoms with Gasteiger partial charge in [0.2, 0.25) is 0 Å². The lowest BCUT2D eigenvalue weighted by molar-refractivity contribution is 0.0651. The molecule has 2 aliphatic heterocycles. The van der Waals surface area contributed by atoms with Crippen molar-refractivity contribution in [3.05, 3.63) is 61.9 Å². The number of hydrogen-bond acceptors (Lipinski definition) is 5. The minimum Gasteiger partial charge on any atom is -0.445 e. The molecule has 3 aromatic rings. The van der Waals surface area contributed by atoms with E-state index in [4.69, 9.17) is 9.72 Å². The molecule has 0 unspecified atom stereocenters. The average molecular weight is 460 g/mol. The van der Waals surface area contributed by atoms with Crippen molar-refractivity contribution >= 4 is 43.6 Å². The molecule has 2 fully saturated rings. The van der Waals surface area contributed by atoms with E-state index in [1.165, 1.54) is 11.3 Å². The number of nitrogens with one attached hydrogen (secondary N) is 1. The Morgan fingerprint density at radius 2 is 2.07 bits per heavy atom. The molecule has 1 aromatic carbocycles. The van der Waals surface area contributed by atoms with Crippen molar-refractivity contribution in [3.8, 4) is 0 Å². The van der Waals surface area contributed by atoms with E-state index in [0.29, 0.717) is 16.0 Å². The molecule has 1 N–H and O–H groups in total. The van der Waals surface area contributed by atoms with Crippen molar-refractivity contribution in [3.63, 3.8) is 0 Å². The van der Waals surface area contributed by atoms with Gasteiger partial charge in [-0.05, 0) is 53.2 Å². The Labute approximate surface area is 173 Å².